The van der Waals surface area contributed by atoms with Crippen LogP contribution in [0.3, 0.4) is 0 Å². The molecule has 5 nitrogen and oxygen atoms in total. The second kappa shape index (κ2) is 6.03. The quantitative estimate of drug-likeness (QED) is 0.826. The highest BCUT2D eigenvalue weighted by Gasteiger charge is 2.32. The van der Waals surface area contributed by atoms with Crippen LogP contribution in [-0.4, -0.2) is 60.8 Å². The Morgan fingerprint density at radius 2 is 2.05 bits per heavy atom. The van der Waals surface area contributed by atoms with E-state index < -0.39 is 0 Å². The van der Waals surface area contributed by atoms with Gasteiger partial charge in [-0.15, -0.1) is 0 Å². The summed E-state index contributed by atoms with van der Waals surface area (Å²) in [5, 5.41) is 12.6. The number of nitrogens with zero attached hydrogens (tertiary/aromatic N) is 2. The lowest BCUT2D eigenvalue weighted by atomic mass is 10.1. The molecule has 2 atom stereocenters. The van der Waals surface area contributed by atoms with Gasteiger partial charge in [-0.3, -0.25) is 4.79 Å². The first-order chi connectivity index (χ1) is 10.1. The molecule has 2 saturated heterocycles. The lowest BCUT2D eigenvalue weighted by molar-refractivity contribution is -0.133. The van der Waals surface area contributed by atoms with E-state index in [1.54, 1.807) is 0 Å². The maximum Gasteiger partial charge on any atom is 0.239 e. The molecule has 0 aromatic heterocycles. The number of aryl methyl sites for hydroxylation is 1. The van der Waals surface area contributed by atoms with Gasteiger partial charge in [-0.1, -0.05) is 12.1 Å². The van der Waals surface area contributed by atoms with Gasteiger partial charge in [0.15, 0.2) is 0 Å². The number of anilines is 1. The summed E-state index contributed by atoms with van der Waals surface area (Å²) in [4.78, 5) is 16.6. The lowest BCUT2D eigenvalue weighted by Gasteiger charge is -2.37. The number of aliphatic hydroxyl groups excluding tert-OH is 1. The molecule has 2 fully saturated rings. The minimum atomic E-state index is -0.382. The van der Waals surface area contributed by atoms with Crippen molar-refractivity contribution < 1.29 is 9.90 Å². The van der Waals surface area contributed by atoms with E-state index in [1.807, 2.05) is 4.90 Å². The largest absolute Gasteiger partial charge is 0.392 e. The Kier molecular flexibility index (Phi) is 4.12. The van der Waals surface area contributed by atoms with Crippen molar-refractivity contribution >= 4 is 11.6 Å². The van der Waals surface area contributed by atoms with Gasteiger partial charge in [-0.05, 0) is 31.0 Å². The summed E-state index contributed by atoms with van der Waals surface area (Å²) in [7, 11) is 0. The molecular weight excluding hydrogens is 266 g/mol. The minimum absolute atomic E-state index is 0.135. The molecule has 21 heavy (non-hydrogen) atoms. The summed E-state index contributed by atoms with van der Waals surface area (Å²) in [5.41, 5.74) is 2.49. The topological polar surface area (TPSA) is 55.8 Å². The third kappa shape index (κ3) is 3.19. The molecule has 1 aromatic rings. The van der Waals surface area contributed by atoms with Crippen LogP contribution in [0.25, 0.3) is 0 Å². The predicted octanol–water partition coefficient (Wildman–Crippen LogP) is 0.366. The molecule has 0 aliphatic carbocycles. The highest BCUT2D eigenvalue weighted by Crippen LogP contribution is 2.19. The van der Waals surface area contributed by atoms with E-state index in [-0.39, 0.29) is 18.1 Å². The number of nitrogens with one attached hydrogen (secondary N) is 1. The zero-order chi connectivity index (χ0) is 14.8. The third-order valence-corrected chi connectivity index (χ3v) is 4.36. The Labute approximate surface area is 125 Å². The molecular formula is C16H23N3O2. The number of benzene rings is 1. The van der Waals surface area contributed by atoms with Crippen molar-refractivity contribution in [3.8, 4) is 0 Å². The van der Waals surface area contributed by atoms with Crippen molar-refractivity contribution in [3.63, 3.8) is 0 Å². The van der Waals surface area contributed by atoms with E-state index in [9.17, 15) is 9.90 Å². The van der Waals surface area contributed by atoms with Gasteiger partial charge in [0, 0.05) is 38.4 Å². The Morgan fingerprint density at radius 3 is 2.67 bits per heavy atom. The monoisotopic (exact) mass is 289 g/mol. The number of hydrogen-bond donors (Lipinski definition) is 2. The Bertz CT molecular complexity index is 512. The number of amides is 1. The minimum Gasteiger partial charge on any atom is -0.392 e. The molecule has 2 N–H and O–H groups in total. The molecule has 2 unspecified atom stereocenters. The van der Waals surface area contributed by atoms with Gasteiger partial charge >= 0.3 is 0 Å². The van der Waals surface area contributed by atoms with Crippen LogP contribution in [0, 0.1) is 6.92 Å². The Balaban J connectivity index is 1.56. The zero-order valence-electron chi connectivity index (χ0n) is 12.5. The number of β-amino-alcohol motifs (C(OH)–C–C–N with tert-alkyl or cyclic N) is 1. The van der Waals surface area contributed by atoms with Crippen molar-refractivity contribution in [2.24, 2.45) is 0 Å². The van der Waals surface area contributed by atoms with Gasteiger partial charge in [0.25, 0.3) is 0 Å². The van der Waals surface area contributed by atoms with Gasteiger partial charge in [0.1, 0.15) is 0 Å². The Morgan fingerprint density at radius 1 is 1.29 bits per heavy atom. The molecule has 3 rings (SSSR count). The zero-order valence-corrected chi connectivity index (χ0v) is 12.5. The average Bonchev–Trinajstić information content (AvgIpc) is 2.93. The summed E-state index contributed by atoms with van der Waals surface area (Å²) in [6.07, 6.45) is 0.157. The van der Waals surface area contributed by atoms with Gasteiger partial charge in [0.05, 0.1) is 12.1 Å². The number of piperazine rings is 1. The summed E-state index contributed by atoms with van der Waals surface area (Å²) < 4.78 is 0. The average molecular weight is 289 g/mol. The highest BCUT2D eigenvalue weighted by molar-refractivity contribution is 5.82. The molecule has 1 aromatic carbocycles. The van der Waals surface area contributed by atoms with E-state index in [4.69, 9.17) is 0 Å². The van der Waals surface area contributed by atoms with Crippen LogP contribution in [0.2, 0.25) is 0 Å². The second-order valence-corrected chi connectivity index (χ2v) is 6.00. The van der Waals surface area contributed by atoms with E-state index in [0.29, 0.717) is 13.0 Å². The molecule has 1 amide bonds. The number of aliphatic hydroxyl groups is 1. The molecule has 0 saturated carbocycles. The lowest BCUT2D eigenvalue weighted by Crippen LogP contribution is -2.53. The van der Waals surface area contributed by atoms with Gasteiger partial charge < -0.3 is 20.2 Å². The van der Waals surface area contributed by atoms with Gasteiger partial charge in [-0.25, -0.2) is 0 Å². The fourth-order valence-corrected chi connectivity index (χ4v) is 3.14. The second-order valence-electron chi connectivity index (χ2n) is 6.00. The molecule has 2 aliphatic heterocycles. The van der Waals surface area contributed by atoms with Crippen LogP contribution in [0.15, 0.2) is 24.3 Å². The van der Waals surface area contributed by atoms with Crippen LogP contribution in [-0.2, 0) is 4.79 Å². The summed E-state index contributed by atoms with van der Waals surface area (Å²) in [5.74, 6) is 0.135. The van der Waals surface area contributed by atoms with E-state index >= 15 is 0 Å². The Hall–Kier alpha value is -1.59. The molecule has 0 radical (unpaired) electrons. The summed E-state index contributed by atoms with van der Waals surface area (Å²) in [6, 6.07) is 8.28. The first-order valence-corrected chi connectivity index (χ1v) is 7.65. The van der Waals surface area contributed by atoms with E-state index in [1.165, 1.54) is 11.3 Å². The molecule has 0 spiro atoms. The fourth-order valence-electron chi connectivity index (χ4n) is 3.14. The van der Waals surface area contributed by atoms with Crippen molar-refractivity contribution in [1.29, 1.82) is 0 Å². The predicted molar refractivity (Wildman–Crippen MR) is 82.4 cm³/mol. The maximum absolute atomic E-state index is 12.4. The van der Waals surface area contributed by atoms with Crippen LogP contribution < -0.4 is 10.2 Å². The smallest absolute Gasteiger partial charge is 0.239 e. The van der Waals surface area contributed by atoms with Crippen molar-refractivity contribution in [1.82, 2.24) is 10.2 Å². The summed E-state index contributed by atoms with van der Waals surface area (Å²) >= 11 is 0. The summed E-state index contributed by atoms with van der Waals surface area (Å²) in [6.45, 7) is 5.86. The van der Waals surface area contributed by atoms with Crippen LogP contribution in [0.5, 0.6) is 0 Å². The normalized spacial score (nSPS) is 26.2. The van der Waals surface area contributed by atoms with Crippen molar-refractivity contribution in [2.75, 3.05) is 37.6 Å². The number of carbonyl (C=O) groups is 1. The third-order valence-electron chi connectivity index (χ3n) is 4.36. The van der Waals surface area contributed by atoms with Crippen LogP contribution >= 0.6 is 0 Å². The van der Waals surface area contributed by atoms with Crippen LogP contribution in [0.4, 0.5) is 5.69 Å². The van der Waals surface area contributed by atoms with E-state index in [0.717, 1.165) is 26.2 Å². The van der Waals surface area contributed by atoms with E-state index in [2.05, 4.69) is 41.4 Å². The van der Waals surface area contributed by atoms with Crippen molar-refractivity contribution in [3.05, 3.63) is 29.8 Å². The molecule has 0 bridgehead atoms. The van der Waals surface area contributed by atoms with Crippen LogP contribution in [0.1, 0.15) is 12.0 Å². The number of hydrogen-bond acceptors (Lipinski definition) is 4. The highest BCUT2D eigenvalue weighted by atomic mass is 16.3. The number of rotatable bonds is 2. The fraction of sp³-hybridized carbons (Fsp3) is 0.562. The molecule has 2 heterocycles. The SMILES string of the molecule is Cc1cccc(N2CCN(C(=O)C3CC(O)CN3)CC2)c1. The molecule has 5 heteroatoms. The first kappa shape index (κ1) is 14.4. The molecule has 114 valence electrons. The first-order valence-electron chi connectivity index (χ1n) is 7.65. The standard InChI is InChI=1S/C16H23N3O2/c1-12-3-2-4-13(9-12)18-5-7-19(8-6-18)16(21)15-10-14(20)11-17-15/h2-4,9,14-15,17,20H,5-8,10-11H2,1H3. The van der Waals surface area contributed by atoms with Crippen molar-refractivity contribution in [2.45, 2.75) is 25.5 Å². The van der Waals surface area contributed by atoms with Gasteiger partial charge in [0.2, 0.25) is 5.91 Å². The number of carbonyl (C=O) groups excluding carboxylic acids is 1. The molecule has 2 aliphatic rings. The maximum atomic E-state index is 12.4. The van der Waals surface area contributed by atoms with Gasteiger partial charge in [-0.2, -0.15) is 0 Å².